The Balaban J connectivity index is 2.05. The maximum absolute atomic E-state index is 10.9. The van der Waals surface area contributed by atoms with Gasteiger partial charge in [0.2, 0.25) is 0 Å². The molecule has 0 atom stereocenters. The second kappa shape index (κ2) is 3.66. The molecule has 0 saturated carbocycles. The van der Waals surface area contributed by atoms with Gasteiger partial charge in [-0.2, -0.15) is 0 Å². The Morgan fingerprint density at radius 2 is 2.38 bits per heavy atom. The summed E-state index contributed by atoms with van der Waals surface area (Å²) in [6, 6.07) is 0. The number of rotatable bonds is 2. The molecule has 0 saturated heterocycles. The molecule has 0 radical (unpaired) electrons. The van der Waals surface area contributed by atoms with Gasteiger partial charge >= 0.3 is 0 Å². The Labute approximate surface area is 80.6 Å². The predicted molar refractivity (Wildman–Crippen MR) is 52.7 cm³/mol. The zero-order valence-corrected chi connectivity index (χ0v) is 7.88. The van der Waals surface area contributed by atoms with Crippen molar-refractivity contribution in [2.24, 2.45) is 0 Å². The average Bonchev–Trinajstić information content (AvgIpc) is 2.62. The molecular weight excluding hydrogens is 182 g/mol. The molecule has 1 aromatic rings. The van der Waals surface area contributed by atoms with Crippen molar-refractivity contribution in [1.29, 1.82) is 0 Å². The maximum Gasteiger partial charge on any atom is 0.159 e. The molecule has 1 aromatic heterocycles. The fourth-order valence-corrected chi connectivity index (χ4v) is 1.79. The van der Waals surface area contributed by atoms with Crippen LogP contribution < -0.4 is 0 Å². The van der Waals surface area contributed by atoms with Gasteiger partial charge in [-0.3, -0.25) is 4.79 Å². The number of hydrogen-bond donors (Lipinski definition) is 0. The van der Waals surface area contributed by atoms with E-state index in [1.807, 2.05) is 23.0 Å². The van der Waals surface area contributed by atoms with Crippen LogP contribution in [0, 0.1) is 0 Å². The molecule has 0 fully saturated rings. The summed E-state index contributed by atoms with van der Waals surface area (Å²) in [5.74, 6) is 0.182. The fourth-order valence-electron chi connectivity index (χ4n) is 1.23. The standard InChI is InChI=1S/C10H9NOS/c12-10-3-1-8(2-4-10)5-9-6-13-7-11-9/h1-3,6-7H,4-5H2. The Bertz CT molecular complexity index is 362. The summed E-state index contributed by atoms with van der Waals surface area (Å²) in [6.45, 7) is 0. The van der Waals surface area contributed by atoms with E-state index in [0.29, 0.717) is 6.42 Å². The van der Waals surface area contributed by atoms with Crippen LogP contribution in [0.25, 0.3) is 0 Å². The quantitative estimate of drug-likeness (QED) is 0.717. The van der Waals surface area contributed by atoms with E-state index in [9.17, 15) is 4.79 Å². The van der Waals surface area contributed by atoms with Crippen LogP contribution in [-0.2, 0) is 11.2 Å². The number of ketones is 1. The second-order valence-electron chi connectivity index (χ2n) is 2.94. The summed E-state index contributed by atoms with van der Waals surface area (Å²) in [7, 11) is 0. The van der Waals surface area contributed by atoms with E-state index in [-0.39, 0.29) is 5.78 Å². The van der Waals surface area contributed by atoms with Crippen molar-refractivity contribution in [3.05, 3.63) is 40.4 Å². The highest BCUT2D eigenvalue weighted by molar-refractivity contribution is 7.07. The summed E-state index contributed by atoms with van der Waals surface area (Å²) in [4.78, 5) is 15.1. The Morgan fingerprint density at radius 3 is 3.00 bits per heavy atom. The first-order valence-corrected chi connectivity index (χ1v) is 5.06. The van der Waals surface area contributed by atoms with E-state index in [2.05, 4.69) is 4.98 Å². The Hall–Kier alpha value is -1.22. The molecule has 2 nitrogen and oxygen atoms in total. The molecule has 1 aliphatic carbocycles. The summed E-state index contributed by atoms with van der Waals surface area (Å²) >= 11 is 1.60. The molecular formula is C10H9NOS. The van der Waals surface area contributed by atoms with E-state index in [4.69, 9.17) is 0 Å². The third-order valence-corrected chi connectivity index (χ3v) is 2.55. The van der Waals surface area contributed by atoms with Gasteiger partial charge in [0.05, 0.1) is 11.2 Å². The first kappa shape index (κ1) is 8.38. The highest BCUT2D eigenvalue weighted by atomic mass is 32.1. The Kier molecular flexibility index (Phi) is 2.36. The van der Waals surface area contributed by atoms with Gasteiger partial charge in [0.15, 0.2) is 5.78 Å². The van der Waals surface area contributed by atoms with Gasteiger partial charge in [0, 0.05) is 18.2 Å². The monoisotopic (exact) mass is 191 g/mol. The van der Waals surface area contributed by atoms with Crippen LogP contribution in [0.15, 0.2) is 34.7 Å². The highest BCUT2D eigenvalue weighted by Crippen LogP contribution is 2.13. The van der Waals surface area contributed by atoms with Crippen LogP contribution in [0.2, 0.25) is 0 Å². The molecule has 0 spiro atoms. The number of aromatic nitrogens is 1. The molecule has 0 aliphatic heterocycles. The minimum atomic E-state index is 0.182. The van der Waals surface area contributed by atoms with Crippen LogP contribution in [-0.4, -0.2) is 10.8 Å². The van der Waals surface area contributed by atoms with Gasteiger partial charge in [0.25, 0.3) is 0 Å². The largest absolute Gasteiger partial charge is 0.295 e. The normalized spacial score (nSPS) is 16.0. The van der Waals surface area contributed by atoms with Gasteiger partial charge in [-0.1, -0.05) is 12.2 Å². The first-order valence-electron chi connectivity index (χ1n) is 4.11. The molecule has 13 heavy (non-hydrogen) atoms. The van der Waals surface area contributed by atoms with Crippen molar-refractivity contribution in [1.82, 2.24) is 4.98 Å². The Morgan fingerprint density at radius 1 is 1.46 bits per heavy atom. The van der Waals surface area contributed by atoms with Gasteiger partial charge in [-0.05, 0) is 11.6 Å². The summed E-state index contributed by atoms with van der Waals surface area (Å²) < 4.78 is 0. The molecule has 0 N–H and O–H groups in total. The summed E-state index contributed by atoms with van der Waals surface area (Å²) in [5.41, 5.74) is 4.09. The van der Waals surface area contributed by atoms with E-state index in [1.165, 1.54) is 5.57 Å². The van der Waals surface area contributed by atoms with E-state index < -0.39 is 0 Å². The van der Waals surface area contributed by atoms with Crippen LogP contribution in [0.5, 0.6) is 0 Å². The van der Waals surface area contributed by atoms with Gasteiger partial charge in [-0.25, -0.2) is 4.98 Å². The lowest BCUT2D eigenvalue weighted by Gasteiger charge is -2.03. The number of carbonyl (C=O) groups excluding carboxylic acids is 1. The lowest BCUT2D eigenvalue weighted by Crippen LogP contribution is -1.98. The number of carbonyl (C=O) groups is 1. The molecule has 1 heterocycles. The number of thiazole rings is 1. The van der Waals surface area contributed by atoms with Crippen LogP contribution >= 0.6 is 11.3 Å². The highest BCUT2D eigenvalue weighted by Gasteiger charge is 2.04. The third kappa shape index (κ3) is 2.12. The number of nitrogens with zero attached hydrogens (tertiary/aromatic N) is 1. The average molecular weight is 191 g/mol. The van der Waals surface area contributed by atoms with Gasteiger partial charge < -0.3 is 0 Å². The smallest absolute Gasteiger partial charge is 0.159 e. The fraction of sp³-hybridized carbons (Fsp3) is 0.200. The van der Waals surface area contributed by atoms with Crippen LogP contribution in [0.1, 0.15) is 12.1 Å². The topological polar surface area (TPSA) is 30.0 Å². The number of allylic oxidation sites excluding steroid dienone is 4. The minimum Gasteiger partial charge on any atom is -0.295 e. The van der Waals surface area contributed by atoms with Crippen molar-refractivity contribution >= 4 is 17.1 Å². The summed E-state index contributed by atoms with van der Waals surface area (Å²) in [5, 5.41) is 2.03. The molecule has 0 bridgehead atoms. The zero-order chi connectivity index (χ0) is 9.10. The van der Waals surface area contributed by atoms with E-state index >= 15 is 0 Å². The van der Waals surface area contributed by atoms with Crippen LogP contribution in [0.4, 0.5) is 0 Å². The molecule has 0 aromatic carbocycles. The van der Waals surface area contributed by atoms with E-state index in [0.717, 1.165) is 12.1 Å². The minimum absolute atomic E-state index is 0.182. The lowest BCUT2D eigenvalue weighted by atomic mass is 10.0. The molecule has 0 amide bonds. The van der Waals surface area contributed by atoms with Gasteiger partial charge in [0.1, 0.15) is 0 Å². The summed E-state index contributed by atoms with van der Waals surface area (Å²) in [6.07, 6.45) is 6.87. The lowest BCUT2D eigenvalue weighted by molar-refractivity contribution is -0.113. The SMILES string of the molecule is O=C1C=CC(Cc2cscn2)=CC1. The van der Waals surface area contributed by atoms with Crippen molar-refractivity contribution in [3.63, 3.8) is 0 Å². The first-order chi connectivity index (χ1) is 6.34. The maximum atomic E-state index is 10.9. The molecule has 0 unspecified atom stereocenters. The predicted octanol–water partition coefficient (Wildman–Crippen LogP) is 2.14. The second-order valence-corrected chi connectivity index (χ2v) is 3.66. The third-order valence-electron chi connectivity index (χ3n) is 1.92. The van der Waals surface area contributed by atoms with Crippen LogP contribution in [0.3, 0.4) is 0 Å². The van der Waals surface area contributed by atoms with Crippen molar-refractivity contribution in [2.45, 2.75) is 12.8 Å². The van der Waals surface area contributed by atoms with Crippen molar-refractivity contribution in [3.8, 4) is 0 Å². The number of hydrogen-bond acceptors (Lipinski definition) is 3. The van der Waals surface area contributed by atoms with Crippen molar-refractivity contribution < 1.29 is 4.79 Å². The van der Waals surface area contributed by atoms with Gasteiger partial charge in [-0.15, -0.1) is 11.3 Å². The molecule has 1 aliphatic rings. The molecule has 2 rings (SSSR count). The molecule has 3 heteroatoms. The zero-order valence-electron chi connectivity index (χ0n) is 7.06. The van der Waals surface area contributed by atoms with E-state index in [1.54, 1.807) is 17.4 Å². The molecule has 66 valence electrons. The van der Waals surface area contributed by atoms with Crippen molar-refractivity contribution in [2.75, 3.05) is 0 Å².